The number of benzene rings is 8. The molecule has 8 aromatic carbocycles. The second-order valence-electron chi connectivity index (χ2n) is 18.2. The number of hydrogen-bond acceptors (Lipinski definition) is 8. The minimum Gasteiger partial charge on any atom is -0.489 e. The third-order valence-corrected chi connectivity index (χ3v) is 14.1. The fourth-order valence-corrected chi connectivity index (χ4v) is 10.5. The van der Waals surface area contributed by atoms with Gasteiger partial charge in [0.1, 0.15) is 23.7 Å². The maximum atomic E-state index is 12.4. The average Bonchev–Trinajstić information content (AvgIpc) is 3.40. The monoisotopic (exact) mass is 900 g/mol. The van der Waals surface area contributed by atoms with Crippen molar-refractivity contribution in [3.8, 4) is 22.6 Å². The molecular weight excluding hydrogens is 845 g/mol. The predicted octanol–water partition coefficient (Wildman–Crippen LogP) is 12.5. The molecule has 2 heterocycles. The minimum absolute atomic E-state index is 0.0373. The summed E-state index contributed by atoms with van der Waals surface area (Å²) in [6.45, 7) is 5.77. The lowest BCUT2D eigenvalue weighted by Crippen LogP contribution is -2.37. The Hall–Kier alpha value is -7.26. The molecule has 0 fully saturated rings. The van der Waals surface area contributed by atoms with Crippen molar-refractivity contribution in [3.63, 3.8) is 0 Å². The van der Waals surface area contributed by atoms with Gasteiger partial charge in [-0.3, -0.25) is 0 Å². The molecule has 0 bridgehead atoms. The maximum absolute atomic E-state index is 12.4. The first kappa shape index (κ1) is 44.6. The lowest BCUT2D eigenvalue weighted by Gasteiger charge is -2.34. The fourth-order valence-electron chi connectivity index (χ4n) is 10.5. The van der Waals surface area contributed by atoms with Crippen LogP contribution in [-0.2, 0) is 9.47 Å². The number of carbonyl (C=O) groups excluding carboxylic acids is 2. The van der Waals surface area contributed by atoms with Crippen LogP contribution in [-0.4, -0.2) is 51.5 Å². The van der Waals surface area contributed by atoms with E-state index in [4.69, 9.17) is 18.9 Å². The Morgan fingerprint density at radius 2 is 1.03 bits per heavy atom. The van der Waals surface area contributed by atoms with E-state index in [-0.39, 0.29) is 48.1 Å². The van der Waals surface area contributed by atoms with Crippen molar-refractivity contribution < 1.29 is 28.5 Å². The quantitative estimate of drug-likeness (QED) is 0.111. The number of ether oxygens (including phenoxy) is 4. The highest BCUT2D eigenvalue weighted by atomic mass is 16.5. The van der Waals surface area contributed by atoms with Crippen LogP contribution < -0.4 is 20.1 Å². The molecule has 0 unspecified atom stereocenters. The number of hydrogen-bond donors (Lipinski definition) is 2. The van der Waals surface area contributed by atoms with Crippen molar-refractivity contribution >= 4 is 33.5 Å². The Balaban J connectivity index is 0.901. The Labute approximate surface area is 398 Å². The molecule has 0 radical (unpaired) electrons. The predicted molar refractivity (Wildman–Crippen MR) is 270 cm³/mol. The first-order valence-corrected chi connectivity index (χ1v) is 23.7. The van der Waals surface area contributed by atoms with Gasteiger partial charge in [-0.05, 0) is 118 Å². The van der Waals surface area contributed by atoms with E-state index in [0.717, 1.165) is 57.7 Å². The second kappa shape index (κ2) is 19.5. The molecule has 0 saturated carbocycles. The van der Waals surface area contributed by atoms with Crippen LogP contribution in [0.3, 0.4) is 0 Å². The number of para-hydroxylation sites is 1. The van der Waals surface area contributed by atoms with Gasteiger partial charge in [-0.1, -0.05) is 133 Å². The van der Waals surface area contributed by atoms with Crippen molar-refractivity contribution in [2.45, 2.75) is 62.8 Å². The minimum atomic E-state index is -0.346. The first-order valence-electron chi connectivity index (χ1n) is 23.7. The number of rotatable bonds is 13. The highest BCUT2D eigenvalue weighted by molar-refractivity contribution is 5.99. The van der Waals surface area contributed by atoms with Crippen molar-refractivity contribution in [3.05, 3.63) is 214 Å². The molecule has 0 saturated heterocycles. The Morgan fingerprint density at radius 3 is 1.68 bits per heavy atom. The third-order valence-electron chi connectivity index (χ3n) is 14.1. The summed E-state index contributed by atoms with van der Waals surface area (Å²) in [5, 5.41) is 12.5. The van der Waals surface area contributed by atoms with Crippen LogP contribution in [0, 0.1) is 0 Å². The molecule has 8 aromatic rings. The number of nitrogens with one attached hydrogen (secondary N) is 2. The van der Waals surface area contributed by atoms with Gasteiger partial charge in [0.2, 0.25) is 0 Å². The van der Waals surface area contributed by atoms with E-state index in [2.05, 4.69) is 146 Å². The van der Waals surface area contributed by atoms with Crippen LogP contribution in [0.1, 0.15) is 105 Å². The van der Waals surface area contributed by atoms with Crippen LogP contribution in [0.25, 0.3) is 32.7 Å². The summed E-state index contributed by atoms with van der Waals surface area (Å²) < 4.78 is 23.5. The number of carbonyl (C=O) groups is 2. The van der Waals surface area contributed by atoms with E-state index in [1.54, 1.807) is 0 Å². The molecular formula is C60H56N2O6. The third kappa shape index (κ3) is 8.97. The zero-order valence-electron chi connectivity index (χ0n) is 38.9. The molecule has 8 heteroatoms. The maximum Gasteiger partial charge on any atom is 0.337 e. The zero-order chi connectivity index (χ0) is 46.7. The van der Waals surface area contributed by atoms with Gasteiger partial charge in [-0.15, -0.1) is 0 Å². The SMILES string of the molecule is COC(=O)c1ccc([C@H]2C[C@H](CN[C@H](C)c3cccc4c(-c5ccc6c(c5)O[C@@H](CN[C@H](C)c5cccc7ccccc57)C[C@H]6c5ccc(C(=O)OC)cc5)cccc34)Oc3ccccc32)cc1. The summed E-state index contributed by atoms with van der Waals surface area (Å²) in [6, 6.07) is 58.8. The molecule has 0 amide bonds. The van der Waals surface area contributed by atoms with Crippen LogP contribution in [0.2, 0.25) is 0 Å². The number of esters is 2. The second-order valence-corrected chi connectivity index (χ2v) is 18.2. The summed E-state index contributed by atoms with van der Waals surface area (Å²) in [4.78, 5) is 24.5. The van der Waals surface area contributed by atoms with Crippen LogP contribution in [0.5, 0.6) is 11.5 Å². The van der Waals surface area contributed by atoms with Gasteiger partial charge in [0.15, 0.2) is 0 Å². The van der Waals surface area contributed by atoms with Crippen molar-refractivity contribution in [2.24, 2.45) is 0 Å². The lowest BCUT2D eigenvalue weighted by molar-refractivity contribution is 0.0592. The van der Waals surface area contributed by atoms with Crippen molar-refractivity contribution in [2.75, 3.05) is 27.3 Å². The normalized spacial score (nSPS) is 18.4. The first-order chi connectivity index (χ1) is 33.3. The van der Waals surface area contributed by atoms with E-state index in [9.17, 15) is 9.59 Å². The molecule has 342 valence electrons. The van der Waals surface area contributed by atoms with Crippen LogP contribution >= 0.6 is 0 Å². The summed E-state index contributed by atoms with van der Waals surface area (Å²) in [5.74, 6) is 1.27. The molecule has 68 heavy (non-hydrogen) atoms. The van der Waals surface area contributed by atoms with Crippen LogP contribution in [0.4, 0.5) is 0 Å². The van der Waals surface area contributed by atoms with Gasteiger partial charge in [0, 0.05) is 48.1 Å². The Kier molecular flexibility index (Phi) is 12.8. The molecule has 0 aliphatic carbocycles. The van der Waals surface area contributed by atoms with Gasteiger partial charge in [0.25, 0.3) is 0 Å². The number of fused-ring (bicyclic) bond motifs is 4. The highest BCUT2D eigenvalue weighted by Gasteiger charge is 2.32. The molecule has 6 atom stereocenters. The Bertz CT molecular complexity index is 3110. The summed E-state index contributed by atoms with van der Waals surface area (Å²) in [7, 11) is 2.82. The van der Waals surface area contributed by atoms with Gasteiger partial charge in [0.05, 0.1) is 25.3 Å². The summed E-state index contributed by atoms with van der Waals surface area (Å²) >= 11 is 0. The average molecular weight is 901 g/mol. The van der Waals surface area contributed by atoms with E-state index < -0.39 is 0 Å². The molecule has 0 aromatic heterocycles. The van der Waals surface area contributed by atoms with Gasteiger partial charge in [-0.2, -0.15) is 0 Å². The molecule has 2 aliphatic rings. The molecule has 2 N–H and O–H groups in total. The zero-order valence-corrected chi connectivity index (χ0v) is 38.9. The smallest absolute Gasteiger partial charge is 0.337 e. The topological polar surface area (TPSA) is 95.1 Å². The number of methoxy groups -OCH3 is 2. The lowest BCUT2D eigenvalue weighted by atomic mass is 9.82. The van der Waals surface area contributed by atoms with Gasteiger partial charge >= 0.3 is 11.9 Å². The van der Waals surface area contributed by atoms with Gasteiger partial charge in [-0.25, -0.2) is 9.59 Å². The van der Waals surface area contributed by atoms with E-state index in [1.165, 1.54) is 46.9 Å². The molecule has 10 rings (SSSR count). The van der Waals surface area contributed by atoms with Crippen molar-refractivity contribution in [1.29, 1.82) is 0 Å². The summed E-state index contributed by atoms with van der Waals surface area (Å²) in [6.07, 6.45) is 1.42. The molecule has 2 aliphatic heterocycles. The Morgan fingerprint density at radius 1 is 0.529 bits per heavy atom. The van der Waals surface area contributed by atoms with E-state index in [0.29, 0.717) is 24.2 Å². The van der Waals surface area contributed by atoms with Gasteiger partial charge < -0.3 is 29.6 Å². The van der Waals surface area contributed by atoms with E-state index in [1.807, 2.05) is 48.5 Å². The van der Waals surface area contributed by atoms with E-state index >= 15 is 0 Å². The largest absolute Gasteiger partial charge is 0.489 e. The molecule has 0 spiro atoms. The standard InChI is InChI=1S/C60H56N2O6/c1-37(47-16-9-13-39-12-5-6-14-49(39)47)61-36-46-34-56(41-24-28-43(29-25-41)60(64)66-4)54-31-30-44(32-58(54)68-46)50-18-11-19-51-48(17-10-20-52(50)51)38(2)62-35-45-33-55(53-15-7-8-21-57(53)67-45)40-22-26-42(27-23-40)59(63)65-3/h5-32,37-38,45-46,55-56,61-62H,33-36H2,1-4H3/t37-,38-,45-,46-,55-,56+/m1/s1. The summed E-state index contributed by atoms with van der Waals surface area (Å²) in [5.41, 5.74) is 10.3. The highest BCUT2D eigenvalue weighted by Crippen LogP contribution is 2.44. The van der Waals surface area contributed by atoms with Crippen LogP contribution in [0.15, 0.2) is 170 Å². The van der Waals surface area contributed by atoms with Crippen molar-refractivity contribution in [1.82, 2.24) is 10.6 Å². The molecule has 8 nitrogen and oxygen atoms in total. The fraction of sp³-hybridized carbons (Fsp3) is 0.233.